The molecule has 108 valence electrons. The topological polar surface area (TPSA) is 55.1 Å². The molecule has 1 heterocycles. The average molecular weight is 266 g/mol. The van der Waals surface area contributed by atoms with Gasteiger partial charge in [-0.15, -0.1) is 0 Å². The lowest BCUT2D eigenvalue weighted by atomic mass is 9.92. The van der Waals surface area contributed by atoms with Gasteiger partial charge in [-0.3, -0.25) is 9.48 Å². The Morgan fingerprint density at radius 3 is 2.47 bits per heavy atom. The highest BCUT2D eigenvalue weighted by atomic mass is 16.3. The minimum atomic E-state index is -0.858. The Bertz CT molecular complexity index is 397. The SMILES string of the molecule is CCC(CC)C(O)C(=O)Cc1ccn(C(C)CC)n1. The van der Waals surface area contributed by atoms with E-state index in [0.29, 0.717) is 6.04 Å². The summed E-state index contributed by atoms with van der Waals surface area (Å²) in [6.07, 6.45) is 3.92. The minimum absolute atomic E-state index is 0.0594. The predicted molar refractivity (Wildman–Crippen MR) is 76.0 cm³/mol. The Balaban J connectivity index is 2.64. The zero-order valence-electron chi connectivity index (χ0n) is 12.5. The highest BCUT2D eigenvalue weighted by Crippen LogP contribution is 2.16. The number of carbonyl (C=O) groups is 1. The molecule has 1 N–H and O–H groups in total. The second kappa shape index (κ2) is 7.43. The lowest BCUT2D eigenvalue weighted by Gasteiger charge is -2.18. The molecular weight excluding hydrogens is 240 g/mol. The molecule has 0 aliphatic heterocycles. The van der Waals surface area contributed by atoms with Gasteiger partial charge in [0.1, 0.15) is 6.10 Å². The molecule has 0 aliphatic rings. The van der Waals surface area contributed by atoms with E-state index in [1.165, 1.54) is 0 Å². The van der Waals surface area contributed by atoms with Gasteiger partial charge in [-0.05, 0) is 25.3 Å². The number of rotatable bonds is 8. The molecule has 4 heteroatoms. The molecule has 2 atom stereocenters. The highest BCUT2D eigenvalue weighted by Gasteiger charge is 2.23. The summed E-state index contributed by atoms with van der Waals surface area (Å²) in [4.78, 5) is 12.0. The number of nitrogens with zero attached hydrogens (tertiary/aromatic N) is 2. The zero-order chi connectivity index (χ0) is 14.4. The molecule has 0 aromatic carbocycles. The van der Waals surface area contributed by atoms with Crippen LogP contribution in [0.3, 0.4) is 0 Å². The first-order valence-electron chi connectivity index (χ1n) is 7.28. The molecule has 0 saturated heterocycles. The van der Waals surface area contributed by atoms with E-state index in [1.807, 2.05) is 30.8 Å². The number of hydrogen-bond donors (Lipinski definition) is 1. The Kier molecular flexibility index (Phi) is 6.22. The van der Waals surface area contributed by atoms with E-state index in [2.05, 4.69) is 18.9 Å². The Labute approximate surface area is 115 Å². The van der Waals surface area contributed by atoms with Crippen molar-refractivity contribution in [2.45, 2.75) is 65.5 Å². The van der Waals surface area contributed by atoms with E-state index in [-0.39, 0.29) is 18.1 Å². The molecule has 4 nitrogen and oxygen atoms in total. The number of aliphatic hydroxyl groups is 1. The van der Waals surface area contributed by atoms with Crippen LogP contribution in [-0.4, -0.2) is 26.8 Å². The summed E-state index contributed by atoms with van der Waals surface area (Å²) in [6.45, 7) is 8.20. The van der Waals surface area contributed by atoms with Gasteiger partial charge in [-0.25, -0.2) is 0 Å². The predicted octanol–water partition coefficient (Wildman–Crippen LogP) is 2.76. The second-order valence-corrected chi connectivity index (χ2v) is 5.21. The lowest BCUT2D eigenvalue weighted by molar-refractivity contribution is -0.129. The van der Waals surface area contributed by atoms with Crippen LogP contribution in [0.15, 0.2) is 12.3 Å². The van der Waals surface area contributed by atoms with Crippen LogP contribution in [0.1, 0.15) is 58.7 Å². The summed E-state index contributed by atoms with van der Waals surface area (Å²) < 4.78 is 1.88. The standard InChI is InChI=1S/C15H26N2O2/c1-5-11(4)17-9-8-13(16-17)10-14(18)15(19)12(6-2)7-3/h8-9,11-12,15,19H,5-7,10H2,1-4H3. The molecule has 1 aromatic rings. The molecule has 0 spiro atoms. The molecule has 19 heavy (non-hydrogen) atoms. The van der Waals surface area contributed by atoms with Crippen molar-refractivity contribution in [3.63, 3.8) is 0 Å². The normalized spacial score (nSPS) is 14.6. The molecule has 0 amide bonds. The summed E-state index contributed by atoms with van der Waals surface area (Å²) in [5.41, 5.74) is 0.746. The first-order chi connectivity index (χ1) is 9.03. The summed E-state index contributed by atoms with van der Waals surface area (Å²) in [5, 5.41) is 14.4. The van der Waals surface area contributed by atoms with Gasteiger partial charge < -0.3 is 5.11 Å². The van der Waals surface area contributed by atoms with Gasteiger partial charge in [0.15, 0.2) is 5.78 Å². The van der Waals surface area contributed by atoms with E-state index in [1.54, 1.807) is 0 Å². The average Bonchev–Trinajstić information content (AvgIpc) is 2.87. The van der Waals surface area contributed by atoms with Crippen molar-refractivity contribution in [3.8, 4) is 0 Å². The van der Waals surface area contributed by atoms with Crippen LogP contribution in [0.4, 0.5) is 0 Å². The molecule has 0 radical (unpaired) electrons. The number of hydrogen-bond acceptors (Lipinski definition) is 3. The van der Waals surface area contributed by atoms with Crippen molar-refractivity contribution in [3.05, 3.63) is 18.0 Å². The molecular formula is C15H26N2O2. The van der Waals surface area contributed by atoms with Crippen LogP contribution < -0.4 is 0 Å². The molecule has 1 rings (SSSR count). The Morgan fingerprint density at radius 2 is 1.95 bits per heavy atom. The second-order valence-electron chi connectivity index (χ2n) is 5.21. The molecule has 0 fully saturated rings. The van der Waals surface area contributed by atoms with E-state index in [9.17, 15) is 9.90 Å². The number of aliphatic hydroxyl groups excluding tert-OH is 1. The highest BCUT2D eigenvalue weighted by molar-refractivity contribution is 5.84. The Morgan fingerprint density at radius 1 is 1.32 bits per heavy atom. The van der Waals surface area contributed by atoms with Crippen molar-refractivity contribution >= 4 is 5.78 Å². The molecule has 0 bridgehead atoms. The van der Waals surface area contributed by atoms with Crippen molar-refractivity contribution in [2.75, 3.05) is 0 Å². The number of Topliss-reactive ketones (excluding diaryl/α,β-unsaturated/α-hetero) is 1. The van der Waals surface area contributed by atoms with Crippen LogP contribution in [-0.2, 0) is 11.2 Å². The Hall–Kier alpha value is -1.16. The van der Waals surface area contributed by atoms with Gasteiger partial charge in [0.25, 0.3) is 0 Å². The van der Waals surface area contributed by atoms with Crippen LogP contribution in [0.25, 0.3) is 0 Å². The fraction of sp³-hybridized carbons (Fsp3) is 0.733. The summed E-state index contributed by atoms with van der Waals surface area (Å²) >= 11 is 0. The maximum absolute atomic E-state index is 12.0. The maximum atomic E-state index is 12.0. The largest absolute Gasteiger partial charge is 0.385 e. The third-order valence-corrected chi connectivity index (χ3v) is 3.89. The smallest absolute Gasteiger partial charge is 0.167 e. The third kappa shape index (κ3) is 4.16. The lowest BCUT2D eigenvalue weighted by Crippen LogP contribution is -2.30. The van der Waals surface area contributed by atoms with E-state index in [4.69, 9.17) is 0 Å². The fourth-order valence-electron chi connectivity index (χ4n) is 2.19. The maximum Gasteiger partial charge on any atom is 0.167 e. The van der Waals surface area contributed by atoms with Crippen LogP contribution >= 0.6 is 0 Å². The van der Waals surface area contributed by atoms with Crippen molar-refractivity contribution in [1.29, 1.82) is 0 Å². The minimum Gasteiger partial charge on any atom is -0.385 e. The van der Waals surface area contributed by atoms with Crippen molar-refractivity contribution < 1.29 is 9.90 Å². The first-order valence-corrected chi connectivity index (χ1v) is 7.28. The first kappa shape index (κ1) is 15.9. The van der Waals surface area contributed by atoms with Crippen LogP contribution in [0.5, 0.6) is 0 Å². The quantitative estimate of drug-likeness (QED) is 0.787. The molecule has 0 aliphatic carbocycles. The van der Waals surface area contributed by atoms with Gasteiger partial charge in [-0.2, -0.15) is 5.10 Å². The third-order valence-electron chi connectivity index (χ3n) is 3.89. The summed E-state index contributed by atoms with van der Waals surface area (Å²) in [5.74, 6) is -0.0627. The van der Waals surface area contributed by atoms with Gasteiger partial charge in [-0.1, -0.05) is 33.6 Å². The van der Waals surface area contributed by atoms with Gasteiger partial charge in [0, 0.05) is 12.2 Å². The molecule has 2 unspecified atom stereocenters. The van der Waals surface area contributed by atoms with E-state index in [0.717, 1.165) is 25.0 Å². The van der Waals surface area contributed by atoms with Crippen LogP contribution in [0.2, 0.25) is 0 Å². The van der Waals surface area contributed by atoms with E-state index < -0.39 is 6.10 Å². The number of aromatic nitrogens is 2. The van der Waals surface area contributed by atoms with E-state index >= 15 is 0 Å². The van der Waals surface area contributed by atoms with Crippen molar-refractivity contribution in [1.82, 2.24) is 9.78 Å². The summed E-state index contributed by atoms with van der Waals surface area (Å²) in [6, 6.07) is 2.21. The van der Waals surface area contributed by atoms with Gasteiger partial charge in [0.2, 0.25) is 0 Å². The monoisotopic (exact) mass is 266 g/mol. The zero-order valence-corrected chi connectivity index (χ0v) is 12.5. The number of ketones is 1. The van der Waals surface area contributed by atoms with Crippen molar-refractivity contribution in [2.24, 2.45) is 5.92 Å². The summed E-state index contributed by atoms with van der Waals surface area (Å²) in [7, 11) is 0. The van der Waals surface area contributed by atoms with Crippen LogP contribution in [0, 0.1) is 5.92 Å². The van der Waals surface area contributed by atoms with Gasteiger partial charge >= 0.3 is 0 Å². The van der Waals surface area contributed by atoms with Gasteiger partial charge in [0.05, 0.1) is 12.1 Å². The molecule has 0 saturated carbocycles. The fourth-order valence-corrected chi connectivity index (χ4v) is 2.19. The number of carbonyl (C=O) groups excluding carboxylic acids is 1. The molecule has 1 aromatic heterocycles.